The van der Waals surface area contributed by atoms with Crippen LogP contribution in [0.4, 0.5) is 0 Å². The zero-order valence-electron chi connectivity index (χ0n) is 20.6. The zero-order chi connectivity index (χ0) is 23.1. The molecule has 2 aliphatic carbocycles. The summed E-state index contributed by atoms with van der Waals surface area (Å²) in [5.74, 6) is 1.30. The van der Waals surface area contributed by atoms with Crippen LogP contribution in [0, 0.1) is 6.92 Å². The second-order valence-electron chi connectivity index (χ2n) is 11.2. The molecule has 3 nitrogen and oxygen atoms in total. The molecular formula is C29H39NO2. The molecule has 0 aliphatic heterocycles. The van der Waals surface area contributed by atoms with Crippen LogP contribution in [0.25, 0.3) is 0 Å². The van der Waals surface area contributed by atoms with Crippen molar-refractivity contribution in [2.24, 2.45) is 0 Å². The summed E-state index contributed by atoms with van der Waals surface area (Å²) in [6.45, 7) is 16.1. The van der Waals surface area contributed by atoms with Crippen LogP contribution in [0.15, 0.2) is 41.3 Å². The first kappa shape index (κ1) is 22.9. The van der Waals surface area contributed by atoms with Crippen molar-refractivity contribution in [2.75, 3.05) is 6.54 Å². The van der Waals surface area contributed by atoms with Gasteiger partial charge in [-0.25, -0.2) is 0 Å². The number of aryl methyl sites for hydroxylation is 1. The summed E-state index contributed by atoms with van der Waals surface area (Å²) >= 11 is 0. The molecule has 172 valence electrons. The van der Waals surface area contributed by atoms with Gasteiger partial charge in [0.15, 0.2) is 5.76 Å². The average molecular weight is 434 g/mol. The van der Waals surface area contributed by atoms with E-state index in [1.54, 1.807) is 0 Å². The molecule has 4 rings (SSSR count). The number of nitrogens with zero attached hydrogens (tertiary/aromatic N) is 1. The van der Waals surface area contributed by atoms with E-state index in [1.165, 1.54) is 47.9 Å². The number of fused-ring (bicyclic) bond motifs is 1. The van der Waals surface area contributed by atoms with Gasteiger partial charge < -0.3 is 9.32 Å². The van der Waals surface area contributed by atoms with Gasteiger partial charge in [-0.3, -0.25) is 4.79 Å². The fourth-order valence-corrected chi connectivity index (χ4v) is 5.63. The molecule has 0 unspecified atom stereocenters. The molecule has 0 bridgehead atoms. The van der Waals surface area contributed by atoms with Gasteiger partial charge >= 0.3 is 0 Å². The molecule has 1 aromatic heterocycles. The number of carbonyl (C=O) groups is 1. The molecule has 3 heteroatoms. The van der Waals surface area contributed by atoms with Crippen molar-refractivity contribution in [2.45, 2.75) is 96.4 Å². The lowest BCUT2D eigenvalue weighted by Crippen LogP contribution is -2.38. The minimum atomic E-state index is -0.00639. The average Bonchev–Trinajstić information content (AvgIpc) is 3.43. The lowest BCUT2D eigenvalue weighted by atomic mass is 9.62. The molecule has 2 aromatic rings. The van der Waals surface area contributed by atoms with Gasteiger partial charge in [0.2, 0.25) is 0 Å². The predicted molar refractivity (Wildman–Crippen MR) is 131 cm³/mol. The van der Waals surface area contributed by atoms with Gasteiger partial charge in [0.25, 0.3) is 5.91 Å². The zero-order valence-corrected chi connectivity index (χ0v) is 20.6. The van der Waals surface area contributed by atoms with E-state index in [1.807, 2.05) is 23.1 Å². The third-order valence-corrected chi connectivity index (χ3v) is 7.90. The van der Waals surface area contributed by atoms with Crippen LogP contribution < -0.4 is 0 Å². The van der Waals surface area contributed by atoms with Crippen molar-refractivity contribution in [1.82, 2.24) is 4.90 Å². The highest BCUT2D eigenvalue weighted by atomic mass is 16.4. The van der Waals surface area contributed by atoms with Crippen LogP contribution in [0.5, 0.6) is 0 Å². The molecule has 1 amide bonds. The van der Waals surface area contributed by atoms with Crippen molar-refractivity contribution in [1.29, 1.82) is 0 Å². The Kier molecular flexibility index (Phi) is 6.13. The molecule has 0 atom stereocenters. The Labute approximate surface area is 193 Å². The Balaban J connectivity index is 1.58. The minimum Gasteiger partial charge on any atom is -0.456 e. The van der Waals surface area contributed by atoms with Crippen molar-refractivity contribution < 1.29 is 9.21 Å². The van der Waals surface area contributed by atoms with Gasteiger partial charge in [-0.15, -0.1) is 6.58 Å². The lowest BCUT2D eigenvalue weighted by molar-refractivity contribution is 0.0672. The van der Waals surface area contributed by atoms with E-state index in [2.05, 4.69) is 53.3 Å². The van der Waals surface area contributed by atoms with Crippen molar-refractivity contribution >= 4 is 5.91 Å². The molecule has 0 radical (unpaired) electrons. The first-order valence-corrected chi connectivity index (χ1v) is 12.3. The first-order chi connectivity index (χ1) is 15.1. The minimum absolute atomic E-state index is 0.00639. The third-order valence-electron chi connectivity index (χ3n) is 7.90. The van der Waals surface area contributed by atoms with E-state index >= 15 is 0 Å². The molecule has 0 saturated heterocycles. The number of furan rings is 1. The molecule has 1 heterocycles. The Morgan fingerprint density at radius 1 is 1.09 bits per heavy atom. The van der Waals surface area contributed by atoms with Crippen molar-refractivity contribution in [3.63, 3.8) is 0 Å². The summed E-state index contributed by atoms with van der Waals surface area (Å²) < 4.78 is 6.10. The maximum atomic E-state index is 13.2. The lowest BCUT2D eigenvalue weighted by Gasteiger charge is -2.42. The second-order valence-corrected chi connectivity index (χ2v) is 11.2. The van der Waals surface area contributed by atoms with Gasteiger partial charge in [-0.2, -0.15) is 0 Å². The fourth-order valence-electron chi connectivity index (χ4n) is 5.63. The van der Waals surface area contributed by atoms with Gasteiger partial charge in [0.05, 0.1) is 0 Å². The fraction of sp³-hybridized carbons (Fsp3) is 0.552. The number of amides is 1. The summed E-state index contributed by atoms with van der Waals surface area (Å²) in [4.78, 5) is 15.1. The predicted octanol–water partition coefficient (Wildman–Crippen LogP) is 7.10. The topological polar surface area (TPSA) is 33.5 Å². The Morgan fingerprint density at radius 2 is 1.72 bits per heavy atom. The van der Waals surface area contributed by atoms with E-state index in [-0.39, 0.29) is 16.7 Å². The summed E-state index contributed by atoms with van der Waals surface area (Å²) in [5, 5.41) is 0. The summed E-state index contributed by atoms with van der Waals surface area (Å²) in [6.07, 6.45) is 9.50. The molecule has 0 spiro atoms. The maximum absolute atomic E-state index is 13.2. The van der Waals surface area contributed by atoms with Crippen LogP contribution in [-0.2, 0) is 17.3 Å². The number of rotatable bonds is 6. The monoisotopic (exact) mass is 433 g/mol. The SMILES string of the molecule is C=CCN(C(=O)c1ccc(Cc2cc3c(cc2C)C(C)(C)CCC3(C)C)o1)C1CCCC1. The van der Waals surface area contributed by atoms with E-state index in [4.69, 9.17) is 4.42 Å². The second kappa shape index (κ2) is 8.57. The van der Waals surface area contributed by atoms with Crippen LogP contribution in [0.1, 0.15) is 105 Å². The highest BCUT2D eigenvalue weighted by Gasteiger charge is 2.37. The van der Waals surface area contributed by atoms with Gasteiger partial charge in [0, 0.05) is 19.0 Å². The molecular weight excluding hydrogens is 394 g/mol. The summed E-state index contributed by atoms with van der Waals surface area (Å²) in [5.41, 5.74) is 5.95. The first-order valence-electron chi connectivity index (χ1n) is 12.3. The van der Waals surface area contributed by atoms with Crippen LogP contribution in [-0.4, -0.2) is 23.4 Å². The molecule has 1 saturated carbocycles. The summed E-state index contributed by atoms with van der Waals surface area (Å²) in [6, 6.07) is 8.93. The summed E-state index contributed by atoms with van der Waals surface area (Å²) in [7, 11) is 0. The normalized spacial score (nSPS) is 19.5. The smallest absolute Gasteiger partial charge is 0.290 e. The molecule has 0 N–H and O–H groups in total. The Hall–Kier alpha value is -2.29. The highest BCUT2D eigenvalue weighted by molar-refractivity contribution is 5.92. The third kappa shape index (κ3) is 4.31. The van der Waals surface area contributed by atoms with Crippen LogP contribution in [0.3, 0.4) is 0 Å². The number of carbonyl (C=O) groups excluding carboxylic acids is 1. The van der Waals surface area contributed by atoms with Crippen molar-refractivity contribution in [3.8, 4) is 0 Å². The molecule has 2 aliphatic rings. The van der Waals surface area contributed by atoms with E-state index in [9.17, 15) is 4.79 Å². The van der Waals surface area contributed by atoms with Crippen LogP contribution in [0.2, 0.25) is 0 Å². The van der Waals surface area contributed by atoms with E-state index in [0.29, 0.717) is 24.8 Å². The molecule has 1 fully saturated rings. The van der Waals surface area contributed by atoms with Gasteiger partial charge in [0.1, 0.15) is 5.76 Å². The van der Waals surface area contributed by atoms with E-state index in [0.717, 1.165) is 18.6 Å². The highest BCUT2D eigenvalue weighted by Crippen LogP contribution is 2.46. The molecule has 32 heavy (non-hydrogen) atoms. The number of benzene rings is 1. The maximum Gasteiger partial charge on any atom is 0.290 e. The number of hydrogen-bond acceptors (Lipinski definition) is 2. The Morgan fingerprint density at radius 3 is 2.34 bits per heavy atom. The van der Waals surface area contributed by atoms with Gasteiger partial charge in [-0.05, 0) is 77.8 Å². The van der Waals surface area contributed by atoms with Gasteiger partial charge in [-0.1, -0.05) is 58.7 Å². The van der Waals surface area contributed by atoms with Crippen molar-refractivity contribution in [3.05, 3.63) is 70.7 Å². The standard InChI is InChI=1S/C29H39NO2/c1-7-16-30(22-10-8-9-11-22)27(31)26-13-12-23(32-26)18-21-19-25-24(17-20(21)2)28(3,4)14-15-29(25,5)6/h7,12-13,17,19,22H,1,8-11,14-16,18H2,2-6H3. The van der Waals surface area contributed by atoms with E-state index < -0.39 is 0 Å². The van der Waals surface area contributed by atoms with Crippen LogP contribution >= 0.6 is 0 Å². The number of hydrogen-bond donors (Lipinski definition) is 0. The quantitative estimate of drug-likeness (QED) is 0.455. The largest absolute Gasteiger partial charge is 0.456 e. The Bertz CT molecular complexity index is 1000. The molecule has 1 aromatic carbocycles.